The highest BCUT2D eigenvalue weighted by molar-refractivity contribution is 6.30. The van der Waals surface area contributed by atoms with Crippen molar-refractivity contribution in [3.05, 3.63) is 53.6 Å². The summed E-state index contributed by atoms with van der Waals surface area (Å²) in [5, 5.41) is 0.675. The number of benzene rings is 2. The van der Waals surface area contributed by atoms with Gasteiger partial charge in [-0.05, 0) is 67.3 Å². The first-order valence-corrected chi connectivity index (χ1v) is 9.58. The van der Waals surface area contributed by atoms with Crippen molar-refractivity contribution in [1.29, 1.82) is 0 Å². The zero-order valence-electron chi connectivity index (χ0n) is 14.6. The number of hydrogen-bond donors (Lipinski definition) is 0. The van der Waals surface area contributed by atoms with E-state index in [4.69, 9.17) is 21.1 Å². The lowest BCUT2D eigenvalue weighted by molar-refractivity contribution is 0.173. The Morgan fingerprint density at radius 2 is 1.54 bits per heavy atom. The molecule has 1 saturated carbocycles. The Balaban J connectivity index is 1.49. The minimum absolute atomic E-state index is 0.144. The van der Waals surface area contributed by atoms with Gasteiger partial charge >= 0.3 is 6.09 Å². The number of halogens is 1. The Morgan fingerprint density at radius 3 is 2.19 bits per heavy atom. The number of hydrogen-bond acceptors (Lipinski definition) is 3. The van der Waals surface area contributed by atoms with Gasteiger partial charge in [0, 0.05) is 10.7 Å². The molecule has 1 aliphatic carbocycles. The molecule has 2 aliphatic rings. The van der Waals surface area contributed by atoms with E-state index >= 15 is 0 Å². The summed E-state index contributed by atoms with van der Waals surface area (Å²) in [4.78, 5) is 14.1. The molecule has 4 rings (SSSR count). The van der Waals surface area contributed by atoms with Crippen molar-refractivity contribution in [3.63, 3.8) is 0 Å². The third-order valence-corrected chi connectivity index (χ3v) is 5.52. The van der Waals surface area contributed by atoms with Gasteiger partial charge in [-0.2, -0.15) is 0 Å². The third-order valence-electron chi connectivity index (χ3n) is 5.26. The van der Waals surface area contributed by atoms with Gasteiger partial charge in [0.1, 0.15) is 18.1 Å². The predicted octanol–water partition coefficient (Wildman–Crippen LogP) is 6.04. The first-order chi connectivity index (χ1) is 12.7. The fourth-order valence-electron chi connectivity index (χ4n) is 3.91. The van der Waals surface area contributed by atoms with Gasteiger partial charge in [-0.15, -0.1) is 0 Å². The SMILES string of the molecule is O=C1OC[C@H](C2CCCCC2)N1c1ccc(Oc2ccc(Cl)cc2)cc1. The lowest BCUT2D eigenvalue weighted by atomic mass is 9.83. The summed E-state index contributed by atoms with van der Waals surface area (Å²) in [5.41, 5.74) is 0.867. The van der Waals surface area contributed by atoms with Crippen molar-refractivity contribution in [3.8, 4) is 11.5 Å². The van der Waals surface area contributed by atoms with Crippen molar-refractivity contribution in [2.75, 3.05) is 11.5 Å². The number of nitrogens with zero attached hydrogens (tertiary/aromatic N) is 1. The van der Waals surface area contributed by atoms with Gasteiger partial charge in [-0.1, -0.05) is 30.9 Å². The van der Waals surface area contributed by atoms with Crippen LogP contribution in [-0.4, -0.2) is 18.7 Å². The molecule has 0 N–H and O–H groups in total. The van der Waals surface area contributed by atoms with Crippen molar-refractivity contribution in [1.82, 2.24) is 0 Å². The molecule has 2 aromatic carbocycles. The Labute approximate surface area is 158 Å². The van der Waals surface area contributed by atoms with Gasteiger partial charge in [-0.25, -0.2) is 4.79 Å². The summed E-state index contributed by atoms with van der Waals surface area (Å²) in [5.74, 6) is 1.97. The minimum Gasteiger partial charge on any atom is -0.457 e. The normalized spacial score (nSPS) is 20.9. The van der Waals surface area contributed by atoms with Crippen LogP contribution in [0, 0.1) is 5.92 Å². The summed E-state index contributed by atoms with van der Waals surface area (Å²) in [6.45, 7) is 0.493. The number of anilines is 1. The molecule has 0 radical (unpaired) electrons. The van der Waals surface area contributed by atoms with Crippen LogP contribution in [0.2, 0.25) is 5.02 Å². The first-order valence-electron chi connectivity index (χ1n) is 9.20. The van der Waals surface area contributed by atoms with E-state index in [-0.39, 0.29) is 12.1 Å². The fraction of sp³-hybridized carbons (Fsp3) is 0.381. The van der Waals surface area contributed by atoms with Gasteiger partial charge < -0.3 is 9.47 Å². The summed E-state index contributed by atoms with van der Waals surface area (Å²) in [6.07, 6.45) is 5.90. The standard InChI is InChI=1S/C21H22ClNO3/c22-16-6-10-18(11-7-16)26-19-12-8-17(9-13-19)23-20(14-25-21(23)24)15-4-2-1-3-5-15/h6-13,15,20H,1-5,14H2/t20-/m1/s1. The maximum atomic E-state index is 12.3. The van der Waals surface area contributed by atoms with Crippen molar-refractivity contribution in [2.24, 2.45) is 5.92 Å². The van der Waals surface area contributed by atoms with Crippen molar-refractivity contribution < 1.29 is 14.3 Å². The molecule has 1 heterocycles. The number of amides is 1. The average molecular weight is 372 g/mol. The molecule has 4 nitrogen and oxygen atoms in total. The molecule has 5 heteroatoms. The lowest BCUT2D eigenvalue weighted by Gasteiger charge is -2.31. The molecule has 136 valence electrons. The second-order valence-corrected chi connectivity index (χ2v) is 7.40. The van der Waals surface area contributed by atoms with E-state index in [1.807, 2.05) is 41.3 Å². The molecule has 0 spiro atoms. The highest BCUT2D eigenvalue weighted by atomic mass is 35.5. The molecule has 1 amide bonds. The van der Waals surface area contributed by atoms with Gasteiger partial charge in [0.05, 0.1) is 6.04 Å². The zero-order chi connectivity index (χ0) is 17.9. The highest BCUT2D eigenvalue weighted by Crippen LogP contribution is 2.35. The summed E-state index contributed by atoms with van der Waals surface area (Å²) in [7, 11) is 0. The van der Waals surface area contributed by atoms with Crippen LogP contribution in [0.15, 0.2) is 48.5 Å². The highest BCUT2D eigenvalue weighted by Gasteiger charge is 2.39. The molecule has 1 saturated heterocycles. The number of cyclic esters (lactones) is 1. The molecule has 26 heavy (non-hydrogen) atoms. The molecule has 0 unspecified atom stereocenters. The molecule has 0 aromatic heterocycles. The largest absolute Gasteiger partial charge is 0.457 e. The van der Waals surface area contributed by atoms with Crippen LogP contribution in [-0.2, 0) is 4.74 Å². The Bertz CT molecular complexity index is 754. The van der Waals surface area contributed by atoms with Crippen LogP contribution in [0.25, 0.3) is 0 Å². The molecule has 1 aliphatic heterocycles. The van der Waals surface area contributed by atoms with Gasteiger partial charge in [0.25, 0.3) is 0 Å². The van der Waals surface area contributed by atoms with Crippen molar-refractivity contribution >= 4 is 23.4 Å². The van der Waals surface area contributed by atoms with Gasteiger partial charge in [0.15, 0.2) is 0 Å². The summed E-state index contributed by atoms with van der Waals surface area (Å²) >= 11 is 5.89. The summed E-state index contributed by atoms with van der Waals surface area (Å²) in [6, 6.07) is 15.0. The summed E-state index contributed by atoms with van der Waals surface area (Å²) < 4.78 is 11.2. The Hall–Kier alpha value is -2.20. The quantitative estimate of drug-likeness (QED) is 0.657. The predicted molar refractivity (Wildman–Crippen MR) is 102 cm³/mol. The van der Waals surface area contributed by atoms with Crippen LogP contribution in [0.3, 0.4) is 0 Å². The second kappa shape index (κ2) is 7.58. The van der Waals surface area contributed by atoms with Gasteiger partial charge in [-0.3, -0.25) is 4.90 Å². The first kappa shape index (κ1) is 17.2. The average Bonchev–Trinajstić information content (AvgIpc) is 3.06. The topological polar surface area (TPSA) is 38.8 Å². The number of rotatable bonds is 4. The van der Waals surface area contributed by atoms with Crippen molar-refractivity contribution in [2.45, 2.75) is 38.1 Å². The van der Waals surface area contributed by atoms with Gasteiger partial charge in [0.2, 0.25) is 0 Å². The Morgan fingerprint density at radius 1 is 0.923 bits per heavy atom. The van der Waals surface area contributed by atoms with E-state index in [1.54, 1.807) is 12.1 Å². The number of carbonyl (C=O) groups excluding carboxylic acids is 1. The zero-order valence-corrected chi connectivity index (χ0v) is 15.3. The van der Waals surface area contributed by atoms with E-state index < -0.39 is 0 Å². The van der Waals surface area contributed by atoms with Crippen LogP contribution >= 0.6 is 11.6 Å². The van der Waals surface area contributed by atoms with Crippen LogP contribution < -0.4 is 9.64 Å². The van der Waals surface area contributed by atoms with E-state index in [0.29, 0.717) is 17.5 Å². The molecule has 2 fully saturated rings. The smallest absolute Gasteiger partial charge is 0.414 e. The molecule has 2 aromatic rings. The van der Waals surface area contributed by atoms with E-state index in [2.05, 4.69) is 0 Å². The van der Waals surface area contributed by atoms with E-state index in [0.717, 1.165) is 17.2 Å². The molecular weight excluding hydrogens is 350 g/mol. The molecule has 1 atom stereocenters. The van der Waals surface area contributed by atoms with Crippen LogP contribution in [0.5, 0.6) is 11.5 Å². The monoisotopic (exact) mass is 371 g/mol. The van der Waals surface area contributed by atoms with E-state index in [9.17, 15) is 4.79 Å². The molecular formula is C21H22ClNO3. The van der Waals surface area contributed by atoms with Crippen LogP contribution in [0.4, 0.5) is 10.5 Å². The fourth-order valence-corrected chi connectivity index (χ4v) is 4.04. The second-order valence-electron chi connectivity index (χ2n) is 6.96. The minimum atomic E-state index is -0.244. The maximum Gasteiger partial charge on any atom is 0.414 e. The lowest BCUT2D eigenvalue weighted by Crippen LogP contribution is -2.39. The van der Waals surface area contributed by atoms with Crippen LogP contribution in [0.1, 0.15) is 32.1 Å². The third kappa shape index (κ3) is 3.65. The van der Waals surface area contributed by atoms with E-state index in [1.165, 1.54) is 32.1 Å². The Kier molecular flexibility index (Phi) is 5.02. The molecule has 0 bridgehead atoms. The maximum absolute atomic E-state index is 12.3. The number of carbonyl (C=O) groups is 1. The number of ether oxygens (including phenoxy) is 2.